The molecule has 0 radical (unpaired) electrons. The van der Waals surface area contributed by atoms with E-state index >= 15 is 0 Å². The van der Waals surface area contributed by atoms with Gasteiger partial charge in [-0.2, -0.15) is 5.10 Å². The number of nitrogens with zero attached hydrogens (tertiary/aromatic N) is 2. The Bertz CT molecular complexity index is 522. The molecule has 0 aliphatic carbocycles. The lowest BCUT2D eigenvalue weighted by Crippen LogP contribution is -2.08. The van der Waals surface area contributed by atoms with E-state index in [4.69, 9.17) is 23.2 Å². The molecule has 0 aliphatic rings. The minimum absolute atomic E-state index is 0.473. The molecule has 1 aromatic carbocycles. The number of benzene rings is 1. The van der Waals surface area contributed by atoms with Crippen molar-refractivity contribution in [2.75, 3.05) is 5.88 Å². The monoisotopic (exact) mass is 296 g/mol. The number of rotatable bonds is 6. The van der Waals surface area contributed by atoms with Crippen LogP contribution in [0, 0.1) is 5.92 Å². The van der Waals surface area contributed by atoms with Crippen LogP contribution in [-0.4, -0.2) is 15.7 Å². The molecule has 0 saturated carbocycles. The summed E-state index contributed by atoms with van der Waals surface area (Å²) >= 11 is 12.1. The van der Waals surface area contributed by atoms with E-state index in [1.54, 1.807) is 0 Å². The summed E-state index contributed by atoms with van der Waals surface area (Å²) in [6.45, 7) is 0. The van der Waals surface area contributed by atoms with Crippen molar-refractivity contribution in [2.24, 2.45) is 13.0 Å². The Morgan fingerprint density at radius 2 is 2.16 bits per heavy atom. The zero-order valence-corrected chi connectivity index (χ0v) is 12.5. The predicted octanol–water partition coefficient (Wildman–Crippen LogP) is 4.10. The Labute approximate surface area is 124 Å². The Hall–Kier alpha value is -0.990. The van der Waals surface area contributed by atoms with Crippen molar-refractivity contribution in [3.05, 3.63) is 52.8 Å². The first-order valence-corrected chi connectivity index (χ1v) is 7.36. The van der Waals surface area contributed by atoms with E-state index in [-0.39, 0.29) is 0 Å². The third kappa shape index (κ3) is 4.55. The van der Waals surface area contributed by atoms with Crippen molar-refractivity contribution >= 4 is 23.2 Å². The van der Waals surface area contributed by atoms with Crippen molar-refractivity contribution in [3.8, 4) is 0 Å². The van der Waals surface area contributed by atoms with Crippen LogP contribution in [0.15, 0.2) is 36.7 Å². The van der Waals surface area contributed by atoms with E-state index in [0.29, 0.717) is 11.8 Å². The molecule has 0 fully saturated rings. The second kappa shape index (κ2) is 6.97. The lowest BCUT2D eigenvalue weighted by atomic mass is 9.95. The number of alkyl halides is 1. The van der Waals surface area contributed by atoms with Crippen molar-refractivity contribution in [1.29, 1.82) is 0 Å². The van der Waals surface area contributed by atoms with E-state index in [0.717, 1.165) is 24.3 Å². The standard InChI is InChI=1S/C15H18Cl2N2/c1-19-11-14(10-18-19)6-5-13(9-16)7-12-3-2-4-15(17)8-12/h2-4,8,10-11,13H,5-7,9H2,1H3. The van der Waals surface area contributed by atoms with Crippen LogP contribution in [0.4, 0.5) is 0 Å². The van der Waals surface area contributed by atoms with Gasteiger partial charge in [-0.25, -0.2) is 0 Å². The number of hydrogen-bond donors (Lipinski definition) is 0. The molecule has 0 saturated heterocycles. The summed E-state index contributed by atoms with van der Waals surface area (Å²) in [4.78, 5) is 0. The summed E-state index contributed by atoms with van der Waals surface area (Å²) in [6.07, 6.45) is 7.05. The summed E-state index contributed by atoms with van der Waals surface area (Å²) in [6, 6.07) is 8.02. The maximum Gasteiger partial charge on any atom is 0.0521 e. The fourth-order valence-electron chi connectivity index (χ4n) is 2.20. The SMILES string of the molecule is Cn1cc(CCC(CCl)Cc2cccc(Cl)c2)cn1. The minimum Gasteiger partial charge on any atom is -0.276 e. The molecular formula is C15H18Cl2N2. The van der Waals surface area contributed by atoms with Crippen LogP contribution < -0.4 is 0 Å². The maximum atomic E-state index is 6.07. The molecule has 2 rings (SSSR count). The molecule has 102 valence electrons. The fourth-order valence-corrected chi connectivity index (χ4v) is 2.68. The third-order valence-electron chi connectivity index (χ3n) is 3.23. The molecule has 1 unspecified atom stereocenters. The first-order chi connectivity index (χ1) is 9.17. The van der Waals surface area contributed by atoms with E-state index in [2.05, 4.69) is 17.4 Å². The maximum absolute atomic E-state index is 6.07. The van der Waals surface area contributed by atoms with Crippen LogP contribution in [-0.2, 0) is 19.9 Å². The van der Waals surface area contributed by atoms with Crippen molar-refractivity contribution in [3.63, 3.8) is 0 Å². The third-order valence-corrected chi connectivity index (χ3v) is 3.90. The normalized spacial score (nSPS) is 12.6. The van der Waals surface area contributed by atoms with Gasteiger partial charge >= 0.3 is 0 Å². The van der Waals surface area contributed by atoms with Gasteiger partial charge in [0.2, 0.25) is 0 Å². The highest BCUT2D eigenvalue weighted by Crippen LogP contribution is 2.19. The molecule has 2 aromatic rings. The molecule has 0 N–H and O–H groups in total. The molecule has 1 atom stereocenters. The average molecular weight is 297 g/mol. The summed E-state index contributed by atoms with van der Waals surface area (Å²) in [5, 5.41) is 4.97. The fraction of sp³-hybridized carbons (Fsp3) is 0.400. The van der Waals surface area contributed by atoms with Crippen molar-refractivity contribution in [1.82, 2.24) is 9.78 Å². The molecule has 0 spiro atoms. The molecule has 0 aliphatic heterocycles. The van der Waals surface area contributed by atoms with E-state index in [1.807, 2.05) is 36.1 Å². The number of aromatic nitrogens is 2. The van der Waals surface area contributed by atoms with Crippen LogP contribution in [0.3, 0.4) is 0 Å². The Morgan fingerprint density at radius 3 is 2.79 bits per heavy atom. The van der Waals surface area contributed by atoms with Gasteiger partial charge in [0.25, 0.3) is 0 Å². The molecular weight excluding hydrogens is 279 g/mol. The highest BCUT2D eigenvalue weighted by Gasteiger charge is 2.10. The van der Waals surface area contributed by atoms with Gasteiger partial charge in [-0.1, -0.05) is 23.7 Å². The smallest absolute Gasteiger partial charge is 0.0521 e. The average Bonchev–Trinajstić information content (AvgIpc) is 2.80. The van der Waals surface area contributed by atoms with E-state index in [9.17, 15) is 0 Å². The zero-order valence-electron chi connectivity index (χ0n) is 11.0. The van der Waals surface area contributed by atoms with E-state index in [1.165, 1.54) is 11.1 Å². The molecule has 1 aromatic heterocycles. The van der Waals surface area contributed by atoms with Crippen LogP contribution in [0.2, 0.25) is 5.02 Å². The predicted molar refractivity (Wildman–Crippen MR) is 80.9 cm³/mol. The second-order valence-corrected chi connectivity index (χ2v) is 5.66. The number of hydrogen-bond acceptors (Lipinski definition) is 1. The zero-order chi connectivity index (χ0) is 13.7. The Morgan fingerprint density at radius 1 is 1.32 bits per heavy atom. The lowest BCUT2D eigenvalue weighted by molar-refractivity contribution is 0.536. The van der Waals surface area contributed by atoms with Gasteiger partial charge in [0.05, 0.1) is 6.20 Å². The lowest BCUT2D eigenvalue weighted by Gasteiger charge is -2.13. The number of aryl methyl sites for hydroxylation is 2. The largest absolute Gasteiger partial charge is 0.276 e. The van der Waals surface area contributed by atoms with Gasteiger partial charge in [0.1, 0.15) is 0 Å². The minimum atomic E-state index is 0.473. The van der Waals surface area contributed by atoms with Crippen LogP contribution in [0.1, 0.15) is 17.5 Å². The van der Waals surface area contributed by atoms with Gasteiger partial charge in [0.15, 0.2) is 0 Å². The van der Waals surface area contributed by atoms with Crippen molar-refractivity contribution in [2.45, 2.75) is 19.3 Å². The quantitative estimate of drug-likeness (QED) is 0.734. The molecule has 0 amide bonds. The molecule has 1 heterocycles. The van der Waals surface area contributed by atoms with Crippen LogP contribution >= 0.6 is 23.2 Å². The topological polar surface area (TPSA) is 17.8 Å². The summed E-state index contributed by atoms with van der Waals surface area (Å²) in [5.41, 5.74) is 2.52. The van der Waals surface area contributed by atoms with Gasteiger partial charge < -0.3 is 0 Å². The van der Waals surface area contributed by atoms with Gasteiger partial charge in [0, 0.05) is 24.1 Å². The highest BCUT2D eigenvalue weighted by atomic mass is 35.5. The Balaban J connectivity index is 1.89. The highest BCUT2D eigenvalue weighted by molar-refractivity contribution is 6.30. The van der Waals surface area contributed by atoms with Gasteiger partial charge in [-0.15, -0.1) is 11.6 Å². The molecule has 19 heavy (non-hydrogen) atoms. The molecule has 4 heteroatoms. The Kier molecular flexibility index (Phi) is 5.29. The van der Waals surface area contributed by atoms with Crippen LogP contribution in [0.5, 0.6) is 0 Å². The first-order valence-electron chi connectivity index (χ1n) is 6.45. The number of halogens is 2. The summed E-state index contributed by atoms with van der Waals surface area (Å²) < 4.78 is 1.84. The first kappa shape index (κ1) is 14.4. The van der Waals surface area contributed by atoms with Gasteiger partial charge in [-0.05, 0) is 48.4 Å². The van der Waals surface area contributed by atoms with Crippen LogP contribution in [0.25, 0.3) is 0 Å². The second-order valence-electron chi connectivity index (χ2n) is 4.92. The molecule has 2 nitrogen and oxygen atoms in total. The molecule has 0 bridgehead atoms. The summed E-state index contributed by atoms with van der Waals surface area (Å²) in [5.74, 6) is 1.15. The summed E-state index contributed by atoms with van der Waals surface area (Å²) in [7, 11) is 1.94. The van der Waals surface area contributed by atoms with Gasteiger partial charge in [-0.3, -0.25) is 4.68 Å². The van der Waals surface area contributed by atoms with E-state index < -0.39 is 0 Å². The van der Waals surface area contributed by atoms with Crippen molar-refractivity contribution < 1.29 is 0 Å².